The summed E-state index contributed by atoms with van der Waals surface area (Å²) in [6.45, 7) is 0. The lowest BCUT2D eigenvalue weighted by Gasteiger charge is -2.05. The highest BCUT2D eigenvalue weighted by molar-refractivity contribution is 9.10. The summed E-state index contributed by atoms with van der Waals surface area (Å²) in [5.41, 5.74) is 2.63. The largest absolute Gasteiger partial charge is 0.550 e. The normalized spacial score (nSPS) is 11.8. The van der Waals surface area contributed by atoms with E-state index >= 15 is 0 Å². The van der Waals surface area contributed by atoms with Crippen LogP contribution in [-0.2, 0) is 4.79 Å². The first kappa shape index (κ1) is 14.5. The highest BCUT2D eigenvalue weighted by Crippen LogP contribution is 2.25. The Morgan fingerprint density at radius 1 is 1.23 bits per heavy atom. The number of oxazole rings is 1. The van der Waals surface area contributed by atoms with Crippen LogP contribution in [0.15, 0.2) is 57.4 Å². The van der Waals surface area contributed by atoms with E-state index in [4.69, 9.17) is 4.42 Å². The maximum absolute atomic E-state index is 11.0. The van der Waals surface area contributed by atoms with Gasteiger partial charge in [-0.3, -0.25) is 0 Å². The first-order chi connectivity index (χ1) is 10.6. The Balaban J connectivity index is 2.07. The Labute approximate surface area is 135 Å². The van der Waals surface area contributed by atoms with Gasteiger partial charge in [-0.2, -0.15) is 0 Å². The average molecular weight is 357 g/mol. The van der Waals surface area contributed by atoms with Crippen molar-refractivity contribution in [2.45, 2.75) is 6.42 Å². The lowest BCUT2D eigenvalue weighted by Crippen LogP contribution is -2.22. The number of halogens is 1. The number of rotatable bonds is 4. The highest BCUT2D eigenvalue weighted by atomic mass is 79.9. The zero-order valence-electron chi connectivity index (χ0n) is 11.5. The van der Waals surface area contributed by atoms with Gasteiger partial charge >= 0.3 is 0 Å². The van der Waals surface area contributed by atoms with Crippen LogP contribution in [0.2, 0.25) is 0 Å². The summed E-state index contributed by atoms with van der Waals surface area (Å²) in [6.07, 6.45) is 1.48. The molecule has 0 aliphatic carbocycles. The van der Waals surface area contributed by atoms with E-state index in [1.54, 1.807) is 12.1 Å². The molecule has 4 nitrogen and oxygen atoms in total. The van der Waals surface area contributed by atoms with Gasteiger partial charge in [0, 0.05) is 22.4 Å². The molecule has 3 aromatic rings. The maximum Gasteiger partial charge on any atom is 0.223 e. The van der Waals surface area contributed by atoms with Gasteiger partial charge < -0.3 is 14.3 Å². The third-order valence-corrected chi connectivity index (χ3v) is 3.59. The Morgan fingerprint density at radius 2 is 2.05 bits per heavy atom. The van der Waals surface area contributed by atoms with E-state index in [0.29, 0.717) is 22.6 Å². The molecule has 0 amide bonds. The highest BCUT2D eigenvalue weighted by Gasteiger charge is 2.11. The van der Waals surface area contributed by atoms with Gasteiger partial charge in [0.25, 0.3) is 0 Å². The number of benzene rings is 2. The number of para-hydroxylation sites is 2. The summed E-state index contributed by atoms with van der Waals surface area (Å²) in [7, 11) is 0. The average Bonchev–Trinajstić information content (AvgIpc) is 2.90. The molecule has 1 heterocycles. The van der Waals surface area contributed by atoms with Gasteiger partial charge in [0.05, 0.1) is 0 Å². The zero-order valence-corrected chi connectivity index (χ0v) is 13.0. The molecule has 0 aliphatic heterocycles. The van der Waals surface area contributed by atoms with Crippen LogP contribution in [-0.4, -0.2) is 11.0 Å². The quantitative estimate of drug-likeness (QED) is 0.719. The summed E-state index contributed by atoms with van der Waals surface area (Å²) in [5.74, 6) is -0.881. The molecule has 0 fully saturated rings. The molecule has 0 N–H and O–H groups in total. The van der Waals surface area contributed by atoms with Gasteiger partial charge in [-0.1, -0.05) is 40.2 Å². The minimum Gasteiger partial charge on any atom is -0.550 e. The SMILES string of the molecule is O=C([O-])C/C(=C\c1cccc(Br)c1)c1nc2ccccc2o1. The van der Waals surface area contributed by atoms with Crippen LogP contribution < -0.4 is 5.11 Å². The van der Waals surface area contributed by atoms with Crippen LogP contribution in [0.5, 0.6) is 0 Å². The van der Waals surface area contributed by atoms with E-state index in [-0.39, 0.29) is 6.42 Å². The van der Waals surface area contributed by atoms with E-state index in [0.717, 1.165) is 10.0 Å². The van der Waals surface area contributed by atoms with Crippen molar-refractivity contribution in [1.29, 1.82) is 0 Å². The molecule has 0 saturated heterocycles. The lowest BCUT2D eigenvalue weighted by molar-refractivity contribution is -0.304. The smallest absolute Gasteiger partial charge is 0.223 e. The fraction of sp³-hybridized carbons (Fsp3) is 0.0588. The molecule has 0 bridgehead atoms. The Kier molecular flexibility index (Phi) is 4.06. The van der Waals surface area contributed by atoms with E-state index < -0.39 is 5.97 Å². The number of carbonyl (C=O) groups excluding carboxylic acids is 1. The molecule has 5 heteroatoms. The van der Waals surface area contributed by atoms with Crippen molar-refractivity contribution in [2.24, 2.45) is 0 Å². The lowest BCUT2D eigenvalue weighted by atomic mass is 10.1. The Bertz CT molecular complexity index is 834. The zero-order chi connectivity index (χ0) is 15.5. The molecule has 0 spiro atoms. The Morgan fingerprint density at radius 3 is 2.77 bits per heavy atom. The van der Waals surface area contributed by atoms with Gasteiger partial charge in [-0.15, -0.1) is 0 Å². The first-order valence-electron chi connectivity index (χ1n) is 6.64. The molecule has 0 saturated carbocycles. The summed E-state index contributed by atoms with van der Waals surface area (Å²) >= 11 is 3.39. The van der Waals surface area contributed by atoms with Gasteiger partial charge in [-0.05, 0) is 35.9 Å². The summed E-state index contributed by atoms with van der Waals surface area (Å²) in [6, 6.07) is 14.8. The van der Waals surface area contributed by atoms with Crippen molar-refractivity contribution in [3.05, 3.63) is 64.5 Å². The number of aromatic nitrogens is 1. The second kappa shape index (κ2) is 6.15. The number of nitrogens with zero attached hydrogens (tertiary/aromatic N) is 1. The van der Waals surface area contributed by atoms with Crippen LogP contribution in [0.1, 0.15) is 17.9 Å². The van der Waals surface area contributed by atoms with E-state index in [1.165, 1.54) is 0 Å². The molecular weight excluding hydrogens is 346 g/mol. The molecule has 2 aromatic carbocycles. The van der Waals surface area contributed by atoms with Crippen molar-refractivity contribution in [2.75, 3.05) is 0 Å². The van der Waals surface area contributed by atoms with Crippen LogP contribution in [0.25, 0.3) is 22.7 Å². The van der Waals surface area contributed by atoms with E-state index in [2.05, 4.69) is 20.9 Å². The predicted octanol–water partition coefficient (Wildman–Crippen LogP) is 3.27. The molecule has 0 atom stereocenters. The van der Waals surface area contributed by atoms with Gasteiger partial charge in [-0.25, -0.2) is 4.98 Å². The molecule has 0 unspecified atom stereocenters. The van der Waals surface area contributed by atoms with Crippen LogP contribution >= 0.6 is 15.9 Å². The molecule has 1 aromatic heterocycles. The summed E-state index contributed by atoms with van der Waals surface area (Å²) in [5, 5.41) is 11.0. The molecule has 3 rings (SSSR count). The fourth-order valence-corrected chi connectivity index (χ4v) is 2.57. The van der Waals surface area contributed by atoms with Gasteiger partial charge in [0.2, 0.25) is 5.89 Å². The monoisotopic (exact) mass is 356 g/mol. The number of carboxylic acid groups (broad SMARTS) is 1. The number of carboxylic acids is 1. The van der Waals surface area contributed by atoms with E-state index in [1.807, 2.05) is 42.5 Å². The van der Waals surface area contributed by atoms with Crippen molar-refractivity contribution in [3.8, 4) is 0 Å². The summed E-state index contributed by atoms with van der Waals surface area (Å²) < 4.78 is 6.56. The van der Waals surface area contributed by atoms with Gasteiger partial charge in [0.1, 0.15) is 5.52 Å². The van der Waals surface area contributed by atoms with Crippen LogP contribution in [0.4, 0.5) is 0 Å². The number of hydrogen-bond donors (Lipinski definition) is 0. The van der Waals surface area contributed by atoms with Crippen molar-refractivity contribution >= 4 is 44.6 Å². The van der Waals surface area contributed by atoms with Crippen molar-refractivity contribution < 1.29 is 14.3 Å². The predicted molar refractivity (Wildman–Crippen MR) is 85.6 cm³/mol. The topological polar surface area (TPSA) is 66.2 Å². The van der Waals surface area contributed by atoms with Crippen molar-refractivity contribution in [3.63, 3.8) is 0 Å². The number of aliphatic carboxylic acids is 1. The third kappa shape index (κ3) is 3.26. The fourth-order valence-electron chi connectivity index (χ4n) is 2.15. The Hall–Kier alpha value is -2.40. The first-order valence-corrected chi connectivity index (χ1v) is 7.43. The minimum absolute atomic E-state index is 0.265. The second-order valence-electron chi connectivity index (χ2n) is 4.76. The minimum atomic E-state index is -1.18. The number of hydrogen-bond acceptors (Lipinski definition) is 4. The standard InChI is InChI=1S/C17H12BrNO3/c18-13-5-3-4-11(9-13)8-12(10-16(20)21)17-19-14-6-1-2-7-15(14)22-17/h1-9H,10H2,(H,20,21)/p-1/b12-8+. The molecule has 22 heavy (non-hydrogen) atoms. The molecule has 0 aliphatic rings. The third-order valence-electron chi connectivity index (χ3n) is 3.09. The molecule has 0 radical (unpaired) electrons. The number of carbonyl (C=O) groups is 1. The van der Waals surface area contributed by atoms with Crippen LogP contribution in [0, 0.1) is 0 Å². The van der Waals surface area contributed by atoms with E-state index in [9.17, 15) is 9.90 Å². The molecule has 110 valence electrons. The second-order valence-corrected chi connectivity index (χ2v) is 5.68. The number of fused-ring (bicyclic) bond motifs is 1. The van der Waals surface area contributed by atoms with Gasteiger partial charge in [0.15, 0.2) is 5.58 Å². The van der Waals surface area contributed by atoms with Crippen molar-refractivity contribution in [1.82, 2.24) is 4.98 Å². The van der Waals surface area contributed by atoms with Crippen LogP contribution in [0.3, 0.4) is 0 Å². The summed E-state index contributed by atoms with van der Waals surface area (Å²) in [4.78, 5) is 15.4. The maximum atomic E-state index is 11.0. The molecular formula is C17H11BrNO3-.